The van der Waals surface area contributed by atoms with Crippen LogP contribution in [0.25, 0.3) is 0 Å². The van der Waals surface area contributed by atoms with Gasteiger partial charge in [-0.05, 0) is 17.8 Å². The Kier molecular flexibility index (Phi) is 9.21. The number of aliphatic hydroxyl groups excluding tert-OH is 2. The molecule has 0 aromatic rings. The Labute approximate surface area is 214 Å². The van der Waals surface area contributed by atoms with Crippen molar-refractivity contribution in [2.45, 2.75) is 97.0 Å². The van der Waals surface area contributed by atoms with Crippen LogP contribution in [-0.2, 0) is 38.1 Å². The third kappa shape index (κ3) is 5.77. The van der Waals surface area contributed by atoms with Crippen molar-refractivity contribution >= 4 is 17.9 Å². The third-order valence-electron chi connectivity index (χ3n) is 8.44. The highest BCUT2D eigenvalue weighted by molar-refractivity contribution is 5.74. The van der Waals surface area contributed by atoms with Crippen LogP contribution >= 0.6 is 0 Å². The average Bonchev–Trinajstić information content (AvgIpc) is 2.82. The van der Waals surface area contributed by atoms with Crippen LogP contribution in [0.4, 0.5) is 0 Å². The van der Waals surface area contributed by atoms with E-state index in [-0.39, 0.29) is 0 Å². The van der Waals surface area contributed by atoms with Crippen molar-refractivity contribution in [2.24, 2.45) is 35.5 Å². The van der Waals surface area contributed by atoms with Crippen molar-refractivity contribution in [3.05, 3.63) is 0 Å². The monoisotopic (exact) mass is 534 g/mol. The van der Waals surface area contributed by atoms with E-state index in [0.717, 1.165) is 0 Å². The molecule has 0 aliphatic carbocycles. The largest absolute Gasteiger partial charge is 0.479 e. The first kappa shape index (κ1) is 29.7. The van der Waals surface area contributed by atoms with Gasteiger partial charge in [0.25, 0.3) is 0 Å². The quantitative estimate of drug-likeness (QED) is 0.300. The summed E-state index contributed by atoms with van der Waals surface area (Å²) in [5, 5.41) is 49.4. The van der Waals surface area contributed by atoms with Gasteiger partial charge in [-0.2, -0.15) is 0 Å². The van der Waals surface area contributed by atoms with E-state index in [4.69, 9.17) is 23.7 Å². The van der Waals surface area contributed by atoms with Crippen molar-refractivity contribution in [1.29, 1.82) is 0 Å². The van der Waals surface area contributed by atoms with Gasteiger partial charge in [-0.25, -0.2) is 14.4 Å². The second kappa shape index (κ2) is 11.5. The summed E-state index contributed by atoms with van der Waals surface area (Å²) in [6.45, 7) is 10.2. The van der Waals surface area contributed by atoms with E-state index in [0.29, 0.717) is 0 Å². The maximum atomic E-state index is 12.2. The van der Waals surface area contributed by atoms with E-state index in [1.165, 1.54) is 0 Å². The van der Waals surface area contributed by atoms with Crippen LogP contribution < -0.4 is 0 Å². The third-order valence-corrected chi connectivity index (χ3v) is 8.44. The first-order chi connectivity index (χ1) is 17.2. The zero-order chi connectivity index (χ0) is 27.9. The number of aliphatic hydroxyl groups is 2. The fourth-order valence-electron chi connectivity index (χ4n) is 5.15. The lowest BCUT2D eigenvalue weighted by Gasteiger charge is -2.49. The summed E-state index contributed by atoms with van der Waals surface area (Å²) in [6, 6.07) is 0. The molecular weight excluding hydrogens is 496 g/mol. The number of aliphatic carboxylic acids is 3. The topological polar surface area (TPSA) is 199 Å². The van der Waals surface area contributed by atoms with Gasteiger partial charge in [0.1, 0.15) is 12.2 Å². The van der Waals surface area contributed by atoms with Crippen LogP contribution in [0.5, 0.6) is 0 Å². The molecule has 0 saturated carbocycles. The first-order valence-electron chi connectivity index (χ1n) is 12.5. The highest BCUT2D eigenvalue weighted by atomic mass is 16.7. The van der Waals surface area contributed by atoms with Crippen LogP contribution in [0.1, 0.15) is 41.5 Å². The lowest BCUT2D eigenvalue weighted by atomic mass is 9.82. The van der Waals surface area contributed by atoms with Gasteiger partial charge in [0.2, 0.25) is 0 Å². The summed E-state index contributed by atoms with van der Waals surface area (Å²) in [5.41, 5.74) is 0. The molecule has 0 radical (unpaired) electrons. The fraction of sp³-hybridized carbons (Fsp3) is 0.875. The molecule has 0 bridgehead atoms. The maximum absolute atomic E-state index is 12.2. The second-order valence-electron chi connectivity index (χ2n) is 10.7. The highest BCUT2D eigenvalue weighted by Crippen LogP contribution is 2.40. The van der Waals surface area contributed by atoms with Gasteiger partial charge in [0.15, 0.2) is 37.2 Å². The summed E-state index contributed by atoms with van der Waals surface area (Å²) in [5.74, 6) is -6.90. The van der Waals surface area contributed by atoms with Gasteiger partial charge in [0.05, 0.1) is 6.10 Å². The van der Waals surface area contributed by atoms with Gasteiger partial charge >= 0.3 is 17.9 Å². The molecule has 37 heavy (non-hydrogen) atoms. The van der Waals surface area contributed by atoms with Gasteiger partial charge in [0, 0.05) is 17.8 Å². The number of carboxylic acids is 3. The molecule has 0 aromatic carbocycles. The Bertz CT molecular complexity index is 850. The van der Waals surface area contributed by atoms with E-state index in [1.54, 1.807) is 41.5 Å². The van der Waals surface area contributed by atoms with Crippen LogP contribution in [0, 0.1) is 35.5 Å². The summed E-state index contributed by atoms with van der Waals surface area (Å²) in [7, 11) is 0. The van der Waals surface area contributed by atoms with E-state index in [9.17, 15) is 39.9 Å². The normalized spacial score (nSPS) is 48.8. The fourth-order valence-corrected chi connectivity index (χ4v) is 5.15. The molecule has 3 aliphatic heterocycles. The highest BCUT2D eigenvalue weighted by Gasteiger charge is 2.53. The second-order valence-corrected chi connectivity index (χ2v) is 10.7. The molecule has 3 rings (SSSR count). The molecule has 3 heterocycles. The van der Waals surface area contributed by atoms with Gasteiger partial charge in [-0.15, -0.1) is 0 Å². The van der Waals surface area contributed by atoms with E-state index in [1.807, 2.05) is 0 Å². The molecule has 3 saturated heterocycles. The minimum absolute atomic E-state index is 0.451. The molecule has 0 spiro atoms. The van der Waals surface area contributed by atoms with Crippen molar-refractivity contribution in [1.82, 2.24) is 0 Å². The van der Waals surface area contributed by atoms with Crippen LogP contribution in [0.15, 0.2) is 0 Å². The Morgan fingerprint density at radius 3 is 1.38 bits per heavy atom. The molecule has 15 atom stereocenters. The zero-order valence-electron chi connectivity index (χ0n) is 21.7. The average molecular weight is 535 g/mol. The van der Waals surface area contributed by atoms with Gasteiger partial charge < -0.3 is 49.2 Å². The molecule has 13 nitrogen and oxygen atoms in total. The number of rotatable bonds is 7. The Hall–Kier alpha value is -1.87. The molecular formula is C24H38O13. The number of carboxylic acid groups (broad SMARTS) is 3. The lowest BCUT2D eigenvalue weighted by Crippen LogP contribution is -2.60. The molecule has 6 unspecified atom stereocenters. The molecule has 13 heteroatoms. The van der Waals surface area contributed by atoms with Crippen LogP contribution in [-0.4, -0.2) is 98.9 Å². The Morgan fingerprint density at radius 1 is 0.541 bits per heavy atom. The van der Waals surface area contributed by atoms with Crippen LogP contribution in [0.3, 0.4) is 0 Å². The molecule has 3 aliphatic rings. The predicted molar refractivity (Wildman–Crippen MR) is 122 cm³/mol. The number of hydrogen-bond acceptors (Lipinski definition) is 10. The van der Waals surface area contributed by atoms with Crippen molar-refractivity contribution in [3.63, 3.8) is 0 Å². The zero-order valence-corrected chi connectivity index (χ0v) is 21.7. The molecule has 3 fully saturated rings. The van der Waals surface area contributed by atoms with Gasteiger partial charge in [-0.1, -0.05) is 41.5 Å². The summed E-state index contributed by atoms with van der Waals surface area (Å²) < 4.78 is 28.7. The predicted octanol–water partition coefficient (Wildman–Crippen LogP) is 0.355. The first-order valence-corrected chi connectivity index (χ1v) is 12.5. The molecule has 5 N–H and O–H groups in total. The summed E-state index contributed by atoms with van der Waals surface area (Å²) >= 11 is 0. The van der Waals surface area contributed by atoms with Crippen molar-refractivity contribution < 1.29 is 63.6 Å². The van der Waals surface area contributed by atoms with Gasteiger partial charge in [-0.3, -0.25) is 0 Å². The smallest absolute Gasteiger partial charge is 0.335 e. The molecule has 212 valence electrons. The molecule has 0 amide bonds. The Balaban J connectivity index is 1.81. The summed E-state index contributed by atoms with van der Waals surface area (Å²) in [4.78, 5) is 35.6. The van der Waals surface area contributed by atoms with E-state index < -0.39 is 109 Å². The number of carbonyl (C=O) groups is 3. The standard InChI is InChI=1S/C24H38O13/c1-7-11(5)23(36-16(13(7)25)19(26)27)35-15-9(3)12(6)24(37-18(15)21(30)31)34-14-8(2)10(4)22(32)33-17(14)20(28)29/h7-18,22-25,32H,1-6H3,(H,26,27)(H,28,29)(H,30,31)/t7-,8-,9-,10?,11?,12?,13-,14-,15-,16?,17?,18?,22+,23+,24+/m0/s1. The van der Waals surface area contributed by atoms with Crippen molar-refractivity contribution in [3.8, 4) is 0 Å². The molecule has 0 aromatic heterocycles. The summed E-state index contributed by atoms with van der Waals surface area (Å²) in [6.07, 6.45) is -11.5. The lowest BCUT2D eigenvalue weighted by molar-refractivity contribution is -0.341. The van der Waals surface area contributed by atoms with Crippen LogP contribution in [0.2, 0.25) is 0 Å². The van der Waals surface area contributed by atoms with E-state index >= 15 is 0 Å². The number of hydrogen-bond donors (Lipinski definition) is 5. The van der Waals surface area contributed by atoms with Crippen molar-refractivity contribution in [2.75, 3.05) is 0 Å². The minimum Gasteiger partial charge on any atom is -0.479 e. The Morgan fingerprint density at radius 2 is 0.919 bits per heavy atom. The maximum Gasteiger partial charge on any atom is 0.335 e. The SMILES string of the molecule is CC1[C@H](O[C@@H]2C(C(=O)O)O[C@@H](O[C@@H]3C(C(=O)O)O[C@@H](O)C(C)[C@@H]3C)C(C)[C@@H]2C)OC(C(=O)O)[C@@H](O)[C@H]1C. The minimum atomic E-state index is -1.54. The van der Waals surface area contributed by atoms with E-state index in [2.05, 4.69) is 0 Å². The number of ether oxygens (including phenoxy) is 5.